The van der Waals surface area contributed by atoms with Crippen molar-refractivity contribution >= 4 is 11.5 Å². The molecule has 2 aromatic rings. The molecule has 0 aliphatic heterocycles. The molecule has 2 heterocycles. The third-order valence-corrected chi connectivity index (χ3v) is 5.07. The second-order valence-corrected chi connectivity index (χ2v) is 7.02. The first-order chi connectivity index (χ1) is 11.8. The van der Waals surface area contributed by atoms with E-state index in [4.69, 9.17) is 4.52 Å². The Bertz CT molecular complexity index is 686. The van der Waals surface area contributed by atoms with Crippen LogP contribution in [0.5, 0.6) is 0 Å². The van der Waals surface area contributed by atoms with Gasteiger partial charge in [-0.25, -0.2) is 4.98 Å². The predicted octanol–water partition coefficient (Wildman–Crippen LogP) is 4.15. The molecule has 0 saturated heterocycles. The van der Waals surface area contributed by atoms with Crippen molar-refractivity contribution in [2.24, 2.45) is 0 Å². The number of pyridine rings is 1. The van der Waals surface area contributed by atoms with Gasteiger partial charge in [-0.05, 0) is 38.7 Å². The minimum atomic E-state index is 0.530. The smallest absolute Gasteiger partial charge is 0.259 e. The Labute approximate surface area is 142 Å². The van der Waals surface area contributed by atoms with Gasteiger partial charge >= 0.3 is 0 Å². The Morgan fingerprint density at radius 3 is 2.29 bits per heavy atom. The van der Waals surface area contributed by atoms with E-state index in [1.54, 1.807) is 0 Å². The normalized spacial score (nSPS) is 19.0. The maximum Gasteiger partial charge on any atom is 0.259 e. The van der Waals surface area contributed by atoms with Gasteiger partial charge in [0.2, 0.25) is 0 Å². The Morgan fingerprint density at radius 1 is 1.00 bits per heavy atom. The topological polar surface area (TPSA) is 75.9 Å². The summed E-state index contributed by atoms with van der Waals surface area (Å²) >= 11 is 0. The van der Waals surface area contributed by atoms with E-state index in [0.29, 0.717) is 23.8 Å². The van der Waals surface area contributed by atoms with Crippen LogP contribution in [0.2, 0.25) is 0 Å². The maximum atomic E-state index is 5.30. The molecule has 6 nitrogen and oxygen atoms in total. The van der Waals surface area contributed by atoms with Crippen LogP contribution in [-0.4, -0.2) is 27.2 Å². The molecule has 128 valence electrons. The minimum absolute atomic E-state index is 0.530. The number of hydrogen-bond donors (Lipinski definition) is 2. The molecule has 0 aromatic carbocycles. The number of rotatable bonds is 5. The van der Waals surface area contributed by atoms with Gasteiger partial charge in [0.25, 0.3) is 5.89 Å². The molecule has 0 radical (unpaired) electrons. The highest BCUT2D eigenvalue weighted by atomic mass is 16.5. The van der Waals surface area contributed by atoms with Crippen molar-refractivity contribution in [3.63, 3.8) is 0 Å². The lowest BCUT2D eigenvalue weighted by molar-refractivity contribution is 0.425. The van der Waals surface area contributed by atoms with Gasteiger partial charge in [-0.3, -0.25) is 0 Å². The molecule has 0 spiro atoms. The highest BCUT2D eigenvalue weighted by Gasteiger charge is 2.21. The van der Waals surface area contributed by atoms with Crippen molar-refractivity contribution in [1.29, 1.82) is 0 Å². The zero-order chi connectivity index (χ0) is 16.4. The van der Waals surface area contributed by atoms with Crippen molar-refractivity contribution in [2.75, 3.05) is 10.6 Å². The molecule has 0 amide bonds. The third kappa shape index (κ3) is 3.37. The van der Waals surface area contributed by atoms with Crippen LogP contribution in [0.4, 0.5) is 11.5 Å². The number of aromatic nitrogens is 3. The van der Waals surface area contributed by atoms with Crippen LogP contribution >= 0.6 is 0 Å². The molecule has 2 aliphatic rings. The largest absolute Gasteiger partial charge is 0.379 e. The summed E-state index contributed by atoms with van der Waals surface area (Å²) in [5.74, 6) is 2.12. The van der Waals surface area contributed by atoms with Gasteiger partial charge in [0.15, 0.2) is 5.82 Å². The molecule has 0 unspecified atom stereocenters. The second kappa shape index (κ2) is 6.79. The first-order valence-electron chi connectivity index (χ1n) is 9.12. The van der Waals surface area contributed by atoms with E-state index in [1.807, 2.05) is 13.1 Å². The molecule has 2 N–H and O–H groups in total. The Morgan fingerprint density at radius 2 is 1.67 bits per heavy atom. The van der Waals surface area contributed by atoms with Crippen molar-refractivity contribution in [1.82, 2.24) is 15.1 Å². The van der Waals surface area contributed by atoms with Crippen LogP contribution in [0.1, 0.15) is 57.2 Å². The van der Waals surface area contributed by atoms with Gasteiger partial charge in [0.05, 0.1) is 11.3 Å². The minimum Gasteiger partial charge on any atom is -0.379 e. The molecule has 6 heteroatoms. The molecule has 4 rings (SSSR count). The van der Waals surface area contributed by atoms with E-state index in [-0.39, 0.29) is 0 Å². The van der Waals surface area contributed by atoms with Gasteiger partial charge < -0.3 is 15.2 Å². The SMILES string of the molecule is Cc1noc(-c2cnc(NC3CCCC3)c(NC3CCCC3)c2)n1. The molecule has 0 atom stereocenters. The van der Waals surface area contributed by atoms with Crippen molar-refractivity contribution in [2.45, 2.75) is 70.4 Å². The summed E-state index contributed by atoms with van der Waals surface area (Å²) < 4.78 is 5.30. The standard InChI is InChI=1S/C18H25N5O/c1-12-20-18(24-23-12)13-10-16(21-14-6-2-3-7-14)17(19-11-13)22-15-8-4-5-9-15/h10-11,14-15,21H,2-9H2,1H3,(H,19,22). The first-order valence-corrected chi connectivity index (χ1v) is 9.12. The average molecular weight is 327 g/mol. The summed E-state index contributed by atoms with van der Waals surface area (Å²) in [5.41, 5.74) is 1.93. The van der Waals surface area contributed by atoms with Crippen LogP contribution in [0.25, 0.3) is 11.5 Å². The number of nitrogens with zero attached hydrogens (tertiary/aromatic N) is 3. The van der Waals surface area contributed by atoms with Crippen molar-refractivity contribution in [3.8, 4) is 11.5 Å². The second-order valence-electron chi connectivity index (χ2n) is 7.02. The van der Waals surface area contributed by atoms with Gasteiger partial charge in [0.1, 0.15) is 5.82 Å². The number of hydrogen-bond acceptors (Lipinski definition) is 6. The van der Waals surface area contributed by atoms with E-state index >= 15 is 0 Å². The quantitative estimate of drug-likeness (QED) is 0.859. The summed E-state index contributed by atoms with van der Waals surface area (Å²) in [6, 6.07) is 3.17. The van der Waals surface area contributed by atoms with Crippen LogP contribution in [-0.2, 0) is 0 Å². The van der Waals surface area contributed by atoms with Crippen molar-refractivity contribution in [3.05, 3.63) is 18.1 Å². The first kappa shape index (κ1) is 15.4. The Kier molecular flexibility index (Phi) is 4.36. The molecule has 2 aromatic heterocycles. The van der Waals surface area contributed by atoms with E-state index in [2.05, 4.69) is 31.8 Å². The lowest BCUT2D eigenvalue weighted by Gasteiger charge is -2.20. The molecule has 2 fully saturated rings. The van der Waals surface area contributed by atoms with Crippen LogP contribution in [0.15, 0.2) is 16.8 Å². The highest BCUT2D eigenvalue weighted by Crippen LogP contribution is 2.31. The van der Waals surface area contributed by atoms with E-state index in [9.17, 15) is 0 Å². The fourth-order valence-electron chi connectivity index (χ4n) is 3.77. The van der Waals surface area contributed by atoms with Gasteiger partial charge in [-0.1, -0.05) is 30.8 Å². The Balaban J connectivity index is 1.61. The highest BCUT2D eigenvalue weighted by molar-refractivity contribution is 5.71. The van der Waals surface area contributed by atoms with E-state index < -0.39 is 0 Å². The summed E-state index contributed by atoms with van der Waals surface area (Å²) in [4.78, 5) is 8.99. The fourth-order valence-corrected chi connectivity index (χ4v) is 3.77. The monoisotopic (exact) mass is 327 g/mol. The Hall–Kier alpha value is -2.11. The van der Waals surface area contributed by atoms with Crippen molar-refractivity contribution < 1.29 is 4.52 Å². The number of anilines is 2. The molecular formula is C18H25N5O. The lowest BCUT2D eigenvalue weighted by atomic mass is 10.2. The van der Waals surface area contributed by atoms with Gasteiger partial charge in [-0.2, -0.15) is 4.98 Å². The van der Waals surface area contributed by atoms with Crippen LogP contribution in [0, 0.1) is 6.92 Å². The average Bonchev–Trinajstić information content (AvgIpc) is 3.32. The van der Waals surface area contributed by atoms with E-state index in [0.717, 1.165) is 17.1 Å². The predicted molar refractivity (Wildman–Crippen MR) is 94.0 cm³/mol. The third-order valence-electron chi connectivity index (χ3n) is 5.07. The summed E-state index contributed by atoms with van der Waals surface area (Å²) in [6.07, 6.45) is 12.0. The number of nitrogens with one attached hydrogen (secondary N) is 2. The molecule has 2 saturated carbocycles. The summed E-state index contributed by atoms with van der Waals surface area (Å²) in [5, 5.41) is 11.2. The van der Waals surface area contributed by atoms with E-state index in [1.165, 1.54) is 51.4 Å². The summed E-state index contributed by atoms with van der Waals surface area (Å²) in [6.45, 7) is 1.83. The van der Waals surface area contributed by atoms with Crippen LogP contribution < -0.4 is 10.6 Å². The van der Waals surface area contributed by atoms with Gasteiger partial charge in [-0.15, -0.1) is 0 Å². The lowest BCUT2D eigenvalue weighted by Crippen LogP contribution is -2.20. The maximum absolute atomic E-state index is 5.30. The van der Waals surface area contributed by atoms with Crippen LogP contribution in [0.3, 0.4) is 0 Å². The zero-order valence-corrected chi connectivity index (χ0v) is 14.2. The zero-order valence-electron chi connectivity index (χ0n) is 14.2. The summed E-state index contributed by atoms with van der Waals surface area (Å²) in [7, 11) is 0. The molecular weight excluding hydrogens is 302 g/mol. The molecule has 0 bridgehead atoms. The molecule has 24 heavy (non-hydrogen) atoms. The fraction of sp³-hybridized carbons (Fsp3) is 0.611. The number of aryl methyl sites for hydroxylation is 1. The molecule has 2 aliphatic carbocycles. The van der Waals surface area contributed by atoms with Gasteiger partial charge in [0, 0.05) is 18.3 Å².